The number of carbonyl (C=O) groups excluding carboxylic acids is 2. The molecule has 1 aromatic carbocycles. The van der Waals surface area contributed by atoms with Crippen molar-refractivity contribution in [1.82, 2.24) is 10.2 Å². The van der Waals surface area contributed by atoms with Crippen LogP contribution in [0.2, 0.25) is 0 Å². The lowest BCUT2D eigenvalue weighted by molar-refractivity contribution is -0.120. The maximum atomic E-state index is 12.9. The lowest BCUT2D eigenvalue weighted by Gasteiger charge is -2.15. The number of likely N-dealkylation sites (N-methyl/N-ethyl adjacent to an activating group) is 1. The number of nitrogens with one attached hydrogen (secondary N) is 1. The third kappa shape index (κ3) is 4.46. The molecular weight excluding hydrogens is 244 g/mol. The Morgan fingerprint density at radius 2 is 2.00 bits per heavy atom. The zero-order valence-electron chi connectivity index (χ0n) is 9.74. The van der Waals surface area contributed by atoms with Gasteiger partial charge in [-0.15, -0.1) is 0 Å². The first kappa shape index (κ1) is 14.0. The zero-order valence-corrected chi connectivity index (χ0v) is 9.74. The van der Waals surface area contributed by atoms with Gasteiger partial charge in [-0.05, 0) is 24.7 Å². The van der Waals surface area contributed by atoms with E-state index in [1.807, 2.05) is 5.32 Å². The number of nitrogens with zero attached hydrogens (tertiary/aromatic N) is 1. The van der Waals surface area contributed by atoms with Crippen LogP contribution in [0.1, 0.15) is 5.56 Å². The van der Waals surface area contributed by atoms with Crippen molar-refractivity contribution >= 4 is 11.9 Å². The molecule has 18 heavy (non-hydrogen) atoms. The van der Waals surface area contributed by atoms with Crippen LogP contribution in [-0.2, 0) is 11.3 Å². The number of carbonyl (C=O) groups is 2. The third-order valence-corrected chi connectivity index (χ3v) is 2.11. The van der Waals surface area contributed by atoms with Crippen molar-refractivity contribution in [2.45, 2.75) is 6.54 Å². The molecular formula is C11H13F2N3O2. The number of benzene rings is 1. The second kappa shape index (κ2) is 6.06. The zero-order chi connectivity index (χ0) is 13.7. The van der Waals surface area contributed by atoms with Crippen molar-refractivity contribution in [3.05, 3.63) is 35.4 Å². The van der Waals surface area contributed by atoms with E-state index >= 15 is 0 Å². The van der Waals surface area contributed by atoms with Crippen LogP contribution in [0.3, 0.4) is 0 Å². The van der Waals surface area contributed by atoms with Gasteiger partial charge in [-0.2, -0.15) is 0 Å². The summed E-state index contributed by atoms with van der Waals surface area (Å²) >= 11 is 0. The van der Waals surface area contributed by atoms with Crippen molar-refractivity contribution in [3.8, 4) is 0 Å². The van der Waals surface area contributed by atoms with Crippen molar-refractivity contribution in [3.63, 3.8) is 0 Å². The maximum absolute atomic E-state index is 12.9. The van der Waals surface area contributed by atoms with E-state index in [1.165, 1.54) is 11.0 Å². The fourth-order valence-corrected chi connectivity index (χ4v) is 1.43. The molecule has 0 atom stereocenters. The van der Waals surface area contributed by atoms with Gasteiger partial charge in [0.2, 0.25) is 5.91 Å². The number of hydrogen-bond acceptors (Lipinski definition) is 3. The average Bonchev–Trinajstić information content (AvgIpc) is 2.21. The molecule has 3 amide bonds. The van der Waals surface area contributed by atoms with Crippen molar-refractivity contribution in [2.24, 2.45) is 5.73 Å². The fraction of sp³-hybridized carbons (Fsp3) is 0.273. The molecule has 1 rings (SSSR count). The molecule has 0 fully saturated rings. The SMILES string of the molecule is CN(CC(=O)NC(N)=O)Cc1ccc(F)c(F)c1. The molecule has 0 aromatic heterocycles. The van der Waals surface area contributed by atoms with E-state index in [-0.39, 0.29) is 13.1 Å². The monoisotopic (exact) mass is 257 g/mol. The van der Waals surface area contributed by atoms with Crippen LogP contribution in [0.25, 0.3) is 0 Å². The summed E-state index contributed by atoms with van der Waals surface area (Å²) in [6.45, 7) is 0.158. The van der Waals surface area contributed by atoms with Crippen LogP contribution in [-0.4, -0.2) is 30.4 Å². The van der Waals surface area contributed by atoms with Gasteiger partial charge < -0.3 is 5.73 Å². The number of hydrogen-bond donors (Lipinski definition) is 2. The summed E-state index contributed by atoms with van der Waals surface area (Å²) in [5, 5.41) is 1.90. The van der Waals surface area contributed by atoms with Crippen LogP contribution < -0.4 is 11.1 Å². The van der Waals surface area contributed by atoms with Crippen molar-refractivity contribution in [1.29, 1.82) is 0 Å². The van der Waals surface area contributed by atoms with Crippen LogP contribution in [0.4, 0.5) is 13.6 Å². The minimum atomic E-state index is -0.942. The van der Waals surface area contributed by atoms with Gasteiger partial charge >= 0.3 is 6.03 Å². The summed E-state index contributed by atoms with van der Waals surface area (Å²) in [6, 6.07) is 2.56. The number of urea groups is 1. The molecule has 0 radical (unpaired) electrons. The molecule has 0 heterocycles. The second-order valence-corrected chi connectivity index (χ2v) is 3.83. The molecule has 0 saturated carbocycles. The van der Waals surface area contributed by atoms with E-state index in [1.54, 1.807) is 7.05 Å². The smallest absolute Gasteiger partial charge is 0.318 e. The molecule has 0 bridgehead atoms. The van der Waals surface area contributed by atoms with E-state index in [0.717, 1.165) is 12.1 Å². The molecule has 0 aliphatic rings. The predicted octanol–water partition coefficient (Wildman–Crippen LogP) is 0.591. The minimum absolute atomic E-state index is 0.0814. The van der Waals surface area contributed by atoms with Gasteiger partial charge in [0, 0.05) is 6.54 Å². The quantitative estimate of drug-likeness (QED) is 0.829. The van der Waals surface area contributed by atoms with Gasteiger partial charge in [-0.1, -0.05) is 6.07 Å². The molecule has 7 heteroatoms. The molecule has 98 valence electrons. The highest BCUT2D eigenvalue weighted by Crippen LogP contribution is 2.10. The molecule has 0 aliphatic carbocycles. The van der Waals surface area contributed by atoms with Crippen LogP contribution in [0, 0.1) is 11.6 Å². The Hall–Kier alpha value is -2.02. The fourth-order valence-electron chi connectivity index (χ4n) is 1.43. The number of imide groups is 1. The second-order valence-electron chi connectivity index (χ2n) is 3.83. The third-order valence-electron chi connectivity index (χ3n) is 2.11. The van der Waals surface area contributed by atoms with E-state index in [4.69, 9.17) is 5.73 Å². The van der Waals surface area contributed by atoms with Gasteiger partial charge in [-0.25, -0.2) is 13.6 Å². The highest BCUT2D eigenvalue weighted by molar-refractivity contribution is 5.94. The summed E-state index contributed by atoms with van der Waals surface area (Å²) in [4.78, 5) is 23.1. The highest BCUT2D eigenvalue weighted by atomic mass is 19.2. The Morgan fingerprint density at radius 1 is 1.33 bits per heavy atom. The van der Waals surface area contributed by atoms with E-state index in [2.05, 4.69) is 0 Å². The van der Waals surface area contributed by atoms with E-state index < -0.39 is 23.6 Å². The van der Waals surface area contributed by atoms with Crippen LogP contribution >= 0.6 is 0 Å². The number of rotatable bonds is 4. The van der Waals surface area contributed by atoms with Crippen molar-refractivity contribution < 1.29 is 18.4 Å². The van der Waals surface area contributed by atoms with Crippen LogP contribution in [0.15, 0.2) is 18.2 Å². The summed E-state index contributed by atoms with van der Waals surface area (Å²) in [7, 11) is 1.60. The van der Waals surface area contributed by atoms with Gasteiger partial charge in [0.1, 0.15) is 0 Å². The summed E-state index contributed by atoms with van der Waals surface area (Å²) in [5.41, 5.74) is 5.29. The topological polar surface area (TPSA) is 75.4 Å². The molecule has 0 aliphatic heterocycles. The number of nitrogens with two attached hydrogens (primary N) is 1. The summed E-state index contributed by atoms with van der Waals surface area (Å²) in [6.07, 6.45) is 0. The number of amides is 3. The number of primary amides is 1. The minimum Gasteiger partial charge on any atom is -0.351 e. The Balaban J connectivity index is 2.53. The highest BCUT2D eigenvalue weighted by Gasteiger charge is 2.10. The first-order chi connectivity index (χ1) is 8.38. The largest absolute Gasteiger partial charge is 0.351 e. The van der Waals surface area contributed by atoms with E-state index in [9.17, 15) is 18.4 Å². The summed E-state index contributed by atoms with van der Waals surface area (Å²) < 4.78 is 25.6. The standard InChI is InChI=1S/C11H13F2N3O2/c1-16(6-10(17)15-11(14)18)5-7-2-3-8(12)9(13)4-7/h2-4H,5-6H2,1H3,(H3,14,15,17,18). The van der Waals surface area contributed by atoms with Gasteiger partial charge in [-0.3, -0.25) is 15.0 Å². The normalized spacial score (nSPS) is 10.4. The molecule has 0 saturated heterocycles. The molecule has 0 spiro atoms. The van der Waals surface area contributed by atoms with Crippen LogP contribution in [0.5, 0.6) is 0 Å². The molecule has 1 aromatic rings. The van der Waals surface area contributed by atoms with Gasteiger partial charge in [0.25, 0.3) is 0 Å². The van der Waals surface area contributed by atoms with Gasteiger partial charge in [0.15, 0.2) is 11.6 Å². The summed E-state index contributed by atoms with van der Waals surface area (Å²) in [5.74, 6) is -2.43. The van der Waals surface area contributed by atoms with E-state index in [0.29, 0.717) is 5.56 Å². The first-order valence-corrected chi connectivity index (χ1v) is 5.10. The average molecular weight is 257 g/mol. The van der Waals surface area contributed by atoms with Crippen molar-refractivity contribution in [2.75, 3.05) is 13.6 Å². The Kier molecular flexibility index (Phi) is 4.73. The maximum Gasteiger partial charge on any atom is 0.318 e. The lowest BCUT2D eigenvalue weighted by Crippen LogP contribution is -2.41. The molecule has 3 N–H and O–H groups in total. The first-order valence-electron chi connectivity index (χ1n) is 5.10. The van der Waals surface area contributed by atoms with Gasteiger partial charge in [0.05, 0.1) is 6.54 Å². The lowest BCUT2D eigenvalue weighted by atomic mass is 10.2. The Morgan fingerprint density at radius 3 is 2.56 bits per heavy atom. The molecule has 0 unspecified atom stereocenters. The Bertz CT molecular complexity index is 466. The number of halogens is 2. The molecule has 5 nitrogen and oxygen atoms in total. The Labute approximate surface area is 103 Å². The predicted molar refractivity (Wildman–Crippen MR) is 60.4 cm³/mol.